The molecule has 0 aromatic heterocycles. The lowest BCUT2D eigenvalue weighted by atomic mass is 10.1. The van der Waals surface area contributed by atoms with Gasteiger partial charge in [-0.3, -0.25) is 19.7 Å². The summed E-state index contributed by atoms with van der Waals surface area (Å²) < 4.78 is 0.330. The van der Waals surface area contributed by atoms with Crippen molar-refractivity contribution in [3.8, 4) is 0 Å². The second-order valence-corrected chi connectivity index (χ2v) is 5.12. The van der Waals surface area contributed by atoms with Crippen molar-refractivity contribution in [1.82, 2.24) is 0 Å². The Morgan fingerprint density at radius 2 is 2.05 bits per heavy atom. The van der Waals surface area contributed by atoms with Gasteiger partial charge in [0.15, 0.2) is 0 Å². The fraction of sp³-hybridized carbons (Fsp3) is 0.273. The highest BCUT2D eigenvalue weighted by atomic mass is 79.9. The van der Waals surface area contributed by atoms with Crippen LogP contribution >= 0.6 is 15.9 Å². The molecular weight excluding hydrogens is 320 g/mol. The Balaban J connectivity index is 2.18. The fourth-order valence-electron chi connectivity index (χ4n) is 1.62. The van der Waals surface area contributed by atoms with Crippen molar-refractivity contribution in [3.63, 3.8) is 0 Å². The molecule has 1 aromatic carbocycles. The number of benzene rings is 1. The van der Waals surface area contributed by atoms with Gasteiger partial charge in [0.2, 0.25) is 5.91 Å². The molecule has 2 N–H and O–H groups in total. The summed E-state index contributed by atoms with van der Waals surface area (Å²) in [5.41, 5.74) is -1.16. The van der Waals surface area contributed by atoms with Gasteiger partial charge < -0.3 is 10.4 Å². The van der Waals surface area contributed by atoms with Crippen molar-refractivity contribution in [2.45, 2.75) is 12.8 Å². The van der Waals surface area contributed by atoms with Crippen molar-refractivity contribution < 1.29 is 19.6 Å². The minimum Gasteiger partial charge on any atom is -0.480 e. The number of non-ortho nitro benzene ring substituents is 1. The summed E-state index contributed by atoms with van der Waals surface area (Å²) in [5.74, 6) is -1.75. The van der Waals surface area contributed by atoms with Gasteiger partial charge in [0.05, 0.1) is 10.6 Å². The number of rotatable bonds is 4. The number of carbonyl (C=O) groups excluding carboxylic acids is 1. The number of aliphatic carboxylic acids is 1. The summed E-state index contributed by atoms with van der Waals surface area (Å²) in [4.78, 5) is 32.8. The first-order chi connectivity index (χ1) is 8.86. The molecule has 8 heteroatoms. The van der Waals surface area contributed by atoms with Gasteiger partial charge in [0, 0.05) is 16.6 Å². The lowest BCUT2D eigenvalue weighted by Crippen LogP contribution is -2.31. The fourth-order valence-corrected chi connectivity index (χ4v) is 2.09. The molecule has 0 aliphatic heterocycles. The number of amides is 1. The van der Waals surface area contributed by atoms with E-state index in [1.54, 1.807) is 0 Å². The summed E-state index contributed by atoms with van der Waals surface area (Å²) >= 11 is 3.10. The van der Waals surface area contributed by atoms with Crippen LogP contribution in [-0.2, 0) is 9.59 Å². The molecule has 1 saturated carbocycles. The third kappa shape index (κ3) is 2.43. The molecule has 2 rings (SSSR count). The summed E-state index contributed by atoms with van der Waals surface area (Å²) in [5, 5.41) is 22.0. The lowest BCUT2D eigenvalue weighted by molar-refractivity contribution is -0.384. The highest BCUT2D eigenvalue weighted by Crippen LogP contribution is 2.47. The standard InChI is InChI=1S/C11H9BrN2O5/c12-7-5-6(14(18)19)1-2-8(7)13-9(15)11(3-4-11)10(16)17/h1-2,5H,3-4H2,(H,13,15)(H,16,17). The summed E-state index contributed by atoms with van der Waals surface area (Å²) in [7, 11) is 0. The van der Waals surface area contributed by atoms with Crippen molar-refractivity contribution in [1.29, 1.82) is 0 Å². The Bertz CT molecular complexity index is 582. The van der Waals surface area contributed by atoms with Gasteiger partial charge in [-0.25, -0.2) is 0 Å². The van der Waals surface area contributed by atoms with E-state index in [2.05, 4.69) is 21.2 Å². The molecule has 0 unspecified atom stereocenters. The molecular formula is C11H9BrN2O5. The number of carboxylic acid groups (broad SMARTS) is 1. The van der Waals surface area contributed by atoms with Gasteiger partial charge in [-0.2, -0.15) is 0 Å². The number of nitrogens with zero attached hydrogens (tertiary/aromatic N) is 1. The van der Waals surface area contributed by atoms with E-state index in [1.807, 2.05) is 0 Å². The molecule has 1 aliphatic rings. The third-order valence-corrected chi connectivity index (χ3v) is 3.66. The van der Waals surface area contributed by atoms with Crippen LogP contribution in [0.5, 0.6) is 0 Å². The molecule has 1 amide bonds. The van der Waals surface area contributed by atoms with E-state index in [0.29, 0.717) is 23.0 Å². The zero-order valence-electron chi connectivity index (χ0n) is 9.55. The Labute approximate surface area is 115 Å². The molecule has 0 radical (unpaired) electrons. The van der Waals surface area contributed by atoms with Crippen LogP contribution in [0.3, 0.4) is 0 Å². The van der Waals surface area contributed by atoms with E-state index < -0.39 is 22.2 Å². The molecule has 19 heavy (non-hydrogen) atoms. The molecule has 0 spiro atoms. The number of nitrogens with one attached hydrogen (secondary N) is 1. The highest BCUT2D eigenvalue weighted by molar-refractivity contribution is 9.10. The van der Waals surface area contributed by atoms with Crippen LogP contribution in [-0.4, -0.2) is 21.9 Å². The van der Waals surface area contributed by atoms with Crippen LogP contribution in [0.25, 0.3) is 0 Å². The van der Waals surface area contributed by atoms with Crippen molar-refractivity contribution in [3.05, 3.63) is 32.8 Å². The van der Waals surface area contributed by atoms with Gasteiger partial charge in [0.1, 0.15) is 5.41 Å². The zero-order chi connectivity index (χ0) is 14.2. The van der Waals surface area contributed by atoms with E-state index in [4.69, 9.17) is 5.11 Å². The Hall–Kier alpha value is -1.96. The van der Waals surface area contributed by atoms with E-state index >= 15 is 0 Å². The molecule has 0 atom stereocenters. The SMILES string of the molecule is O=C(O)C1(C(=O)Nc2ccc([N+](=O)[O-])cc2Br)CC1. The monoisotopic (exact) mass is 328 g/mol. The van der Waals surface area contributed by atoms with Gasteiger partial charge in [0.25, 0.3) is 5.69 Å². The average molecular weight is 329 g/mol. The molecule has 7 nitrogen and oxygen atoms in total. The predicted octanol–water partition coefficient (Wildman–Crippen LogP) is 2.16. The molecule has 0 saturated heterocycles. The van der Waals surface area contributed by atoms with Crippen LogP contribution < -0.4 is 5.32 Å². The maximum atomic E-state index is 11.9. The van der Waals surface area contributed by atoms with Gasteiger partial charge in [-0.1, -0.05) is 0 Å². The molecule has 100 valence electrons. The van der Waals surface area contributed by atoms with Gasteiger partial charge >= 0.3 is 5.97 Å². The smallest absolute Gasteiger partial charge is 0.319 e. The lowest BCUT2D eigenvalue weighted by Gasteiger charge is -2.11. The largest absolute Gasteiger partial charge is 0.480 e. The first kappa shape index (κ1) is 13.5. The van der Waals surface area contributed by atoms with Gasteiger partial charge in [-0.05, 0) is 34.8 Å². The third-order valence-electron chi connectivity index (χ3n) is 3.01. The van der Waals surface area contributed by atoms with E-state index in [9.17, 15) is 19.7 Å². The van der Waals surface area contributed by atoms with Gasteiger partial charge in [-0.15, -0.1) is 0 Å². The predicted molar refractivity (Wildman–Crippen MR) is 68.7 cm³/mol. The Morgan fingerprint density at radius 3 is 2.47 bits per heavy atom. The number of nitro groups is 1. The number of carbonyl (C=O) groups is 2. The number of hydrogen-bond acceptors (Lipinski definition) is 4. The minimum absolute atomic E-state index is 0.121. The molecule has 0 heterocycles. The quantitative estimate of drug-likeness (QED) is 0.500. The second kappa shape index (κ2) is 4.61. The second-order valence-electron chi connectivity index (χ2n) is 4.26. The minimum atomic E-state index is -1.35. The van der Waals surface area contributed by atoms with Crippen LogP contribution in [0.15, 0.2) is 22.7 Å². The first-order valence-corrected chi connectivity index (χ1v) is 6.15. The van der Waals surface area contributed by atoms with Crippen molar-refractivity contribution >= 4 is 39.2 Å². The maximum Gasteiger partial charge on any atom is 0.319 e. The van der Waals surface area contributed by atoms with E-state index in [-0.39, 0.29) is 5.69 Å². The summed E-state index contributed by atoms with van der Waals surface area (Å²) in [6.07, 6.45) is 0.609. The summed E-state index contributed by atoms with van der Waals surface area (Å²) in [6, 6.07) is 3.84. The Kier molecular flexibility index (Phi) is 3.27. The topological polar surface area (TPSA) is 110 Å². The number of hydrogen-bond donors (Lipinski definition) is 2. The van der Waals surface area contributed by atoms with Crippen LogP contribution in [0.1, 0.15) is 12.8 Å². The van der Waals surface area contributed by atoms with Crippen LogP contribution in [0.2, 0.25) is 0 Å². The van der Waals surface area contributed by atoms with Crippen molar-refractivity contribution in [2.75, 3.05) is 5.32 Å². The molecule has 1 aromatic rings. The molecule has 1 aliphatic carbocycles. The number of nitro benzene ring substituents is 1. The van der Waals surface area contributed by atoms with Crippen molar-refractivity contribution in [2.24, 2.45) is 5.41 Å². The zero-order valence-corrected chi connectivity index (χ0v) is 11.1. The first-order valence-electron chi connectivity index (χ1n) is 5.35. The maximum absolute atomic E-state index is 11.9. The van der Waals surface area contributed by atoms with E-state index in [1.165, 1.54) is 18.2 Å². The number of carboxylic acids is 1. The average Bonchev–Trinajstić information content (AvgIpc) is 3.12. The highest BCUT2D eigenvalue weighted by Gasteiger charge is 2.57. The molecule has 0 bridgehead atoms. The van der Waals surface area contributed by atoms with Crippen LogP contribution in [0.4, 0.5) is 11.4 Å². The number of anilines is 1. The molecule has 1 fully saturated rings. The van der Waals surface area contributed by atoms with Crippen LogP contribution in [0, 0.1) is 15.5 Å². The van der Waals surface area contributed by atoms with E-state index in [0.717, 1.165) is 0 Å². The summed E-state index contributed by atoms with van der Waals surface area (Å²) in [6.45, 7) is 0. The number of halogens is 1. The normalized spacial score (nSPS) is 15.6. The Morgan fingerprint density at radius 1 is 1.42 bits per heavy atom.